The molecule has 4 heteroatoms. The largest absolute Gasteiger partial charge is 0.478 e. The zero-order valence-corrected chi connectivity index (χ0v) is 12.2. The van der Waals surface area contributed by atoms with E-state index in [0.717, 1.165) is 24.6 Å². The summed E-state index contributed by atoms with van der Waals surface area (Å²) in [5.41, 5.74) is 0.169. The van der Waals surface area contributed by atoms with Crippen molar-refractivity contribution in [1.29, 1.82) is 0 Å². The highest BCUT2D eigenvalue weighted by Crippen LogP contribution is 2.36. The Labute approximate surface area is 120 Å². The minimum atomic E-state index is -0.962. The van der Waals surface area contributed by atoms with E-state index in [0.29, 0.717) is 5.92 Å². The van der Waals surface area contributed by atoms with E-state index < -0.39 is 5.97 Å². The Bertz CT molecular complexity index is 423. The maximum Gasteiger partial charge on any atom is 0.338 e. The third kappa shape index (κ3) is 4.02. The fourth-order valence-electron chi connectivity index (χ4n) is 3.05. The molecule has 2 rings (SSSR count). The molecule has 1 aromatic rings. The van der Waals surface area contributed by atoms with Crippen LogP contribution in [0.15, 0.2) is 12.4 Å². The lowest BCUT2D eigenvalue weighted by Crippen LogP contribution is -2.15. The molecular formula is C16H24N2O2. The van der Waals surface area contributed by atoms with Gasteiger partial charge in [-0.2, -0.15) is 0 Å². The van der Waals surface area contributed by atoms with Crippen LogP contribution < -0.4 is 0 Å². The molecule has 1 aliphatic rings. The van der Waals surface area contributed by atoms with Crippen LogP contribution in [0.5, 0.6) is 0 Å². The van der Waals surface area contributed by atoms with Crippen LogP contribution >= 0.6 is 0 Å². The lowest BCUT2D eigenvalue weighted by atomic mass is 9.79. The molecule has 110 valence electrons. The van der Waals surface area contributed by atoms with Crippen molar-refractivity contribution in [1.82, 2.24) is 9.97 Å². The number of unbranched alkanes of at least 4 members (excludes halogenated alkanes) is 2. The van der Waals surface area contributed by atoms with E-state index in [4.69, 9.17) is 5.11 Å². The zero-order chi connectivity index (χ0) is 14.4. The summed E-state index contributed by atoms with van der Waals surface area (Å²) in [6.45, 7) is 2.25. The molecule has 1 saturated carbocycles. The van der Waals surface area contributed by atoms with E-state index in [9.17, 15) is 4.79 Å². The van der Waals surface area contributed by atoms with Crippen molar-refractivity contribution in [3.05, 3.63) is 23.8 Å². The average molecular weight is 276 g/mol. The van der Waals surface area contributed by atoms with Crippen molar-refractivity contribution in [2.24, 2.45) is 5.92 Å². The summed E-state index contributed by atoms with van der Waals surface area (Å²) in [6, 6.07) is 0. The monoisotopic (exact) mass is 276 g/mol. The van der Waals surface area contributed by atoms with Gasteiger partial charge in [-0.1, -0.05) is 32.6 Å². The highest BCUT2D eigenvalue weighted by atomic mass is 16.4. The van der Waals surface area contributed by atoms with E-state index in [1.165, 1.54) is 50.9 Å². The molecule has 1 N–H and O–H groups in total. The maximum absolute atomic E-state index is 10.8. The van der Waals surface area contributed by atoms with Gasteiger partial charge in [0.1, 0.15) is 5.82 Å². The highest BCUT2D eigenvalue weighted by molar-refractivity contribution is 5.86. The van der Waals surface area contributed by atoms with Crippen LogP contribution in [0.3, 0.4) is 0 Å². The normalized spacial score (nSPS) is 22.6. The molecule has 0 aliphatic heterocycles. The third-order valence-corrected chi connectivity index (χ3v) is 4.35. The van der Waals surface area contributed by atoms with Crippen LogP contribution in [0.1, 0.15) is 80.4 Å². The quantitative estimate of drug-likeness (QED) is 0.797. The van der Waals surface area contributed by atoms with Crippen molar-refractivity contribution >= 4 is 5.97 Å². The minimum absolute atomic E-state index is 0.169. The Morgan fingerprint density at radius 2 is 1.85 bits per heavy atom. The van der Waals surface area contributed by atoms with Crippen LogP contribution in [-0.4, -0.2) is 21.0 Å². The number of carbonyl (C=O) groups is 1. The first-order valence-electron chi connectivity index (χ1n) is 7.76. The van der Waals surface area contributed by atoms with Gasteiger partial charge in [-0.15, -0.1) is 0 Å². The zero-order valence-electron chi connectivity index (χ0n) is 12.2. The predicted octanol–water partition coefficient (Wildman–Crippen LogP) is 4.03. The average Bonchev–Trinajstić information content (AvgIpc) is 2.48. The second-order valence-electron chi connectivity index (χ2n) is 5.85. The van der Waals surface area contributed by atoms with Gasteiger partial charge < -0.3 is 5.11 Å². The molecular weight excluding hydrogens is 252 g/mol. The van der Waals surface area contributed by atoms with Gasteiger partial charge in [-0.3, -0.25) is 0 Å². The van der Waals surface area contributed by atoms with Gasteiger partial charge >= 0.3 is 5.97 Å². The second kappa shape index (κ2) is 7.36. The SMILES string of the molecule is CCCCCC1CCC(c2ncc(C(=O)O)cn2)CC1. The number of nitrogens with zero attached hydrogens (tertiary/aromatic N) is 2. The Hall–Kier alpha value is -1.45. The third-order valence-electron chi connectivity index (χ3n) is 4.35. The van der Waals surface area contributed by atoms with Gasteiger partial charge in [0.25, 0.3) is 0 Å². The fraction of sp³-hybridized carbons (Fsp3) is 0.688. The Morgan fingerprint density at radius 3 is 2.40 bits per heavy atom. The molecule has 0 spiro atoms. The number of carboxylic acid groups (broad SMARTS) is 1. The summed E-state index contributed by atoms with van der Waals surface area (Å²) in [5, 5.41) is 8.84. The van der Waals surface area contributed by atoms with Crippen molar-refractivity contribution in [3.8, 4) is 0 Å². The van der Waals surface area contributed by atoms with Gasteiger partial charge in [0.2, 0.25) is 0 Å². The van der Waals surface area contributed by atoms with Crippen LogP contribution in [-0.2, 0) is 0 Å². The lowest BCUT2D eigenvalue weighted by molar-refractivity contribution is 0.0696. The number of aromatic carboxylic acids is 1. The van der Waals surface area contributed by atoms with Crippen LogP contribution in [0, 0.1) is 5.92 Å². The van der Waals surface area contributed by atoms with Gasteiger partial charge in [0.05, 0.1) is 5.56 Å². The summed E-state index contributed by atoms with van der Waals surface area (Å²) >= 11 is 0. The molecule has 0 unspecified atom stereocenters. The van der Waals surface area contributed by atoms with Crippen molar-refractivity contribution in [2.45, 2.75) is 64.2 Å². The number of rotatable bonds is 6. The Morgan fingerprint density at radius 1 is 1.20 bits per heavy atom. The molecule has 1 aromatic heterocycles. The van der Waals surface area contributed by atoms with E-state index in [2.05, 4.69) is 16.9 Å². The highest BCUT2D eigenvalue weighted by Gasteiger charge is 2.23. The van der Waals surface area contributed by atoms with E-state index in [-0.39, 0.29) is 5.56 Å². The number of carboxylic acids is 1. The molecule has 1 fully saturated rings. The van der Waals surface area contributed by atoms with Crippen molar-refractivity contribution < 1.29 is 9.90 Å². The second-order valence-corrected chi connectivity index (χ2v) is 5.85. The molecule has 1 heterocycles. The first-order valence-corrected chi connectivity index (χ1v) is 7.76. The number of aromatic nitrogens is 2. The lowest BCUT2D eigenvalue weighted by Gasteiger charge is -2.27. The summed E-state index contributed by atoms with van der Waals surface area (Å²) in [7, 11) is 0. The van der Waals surface area contributed by atoms with E-state index >= 15 is 0 Å². The van der Waals surface area contributed by atoms with Crippen LogP contribution in [0.25, 0.3) is 0 Å². The first kappa shape index (κ1) is 14.9. The molecule has 1 aliphatic carbocycles. The maximum atomic E-state index is 10.8. The standard InChI is InChI=1S/C16H24N2O2/c1-2-3-4-5-12-6-8-13(9-7-12)15-17-10-14(11-18-15)16(19)20/h10-13H,2-9H2,1H3,(H,19,20). The molecule has 0 aromatic carbocycles. The van der Waals surface area contributed by atoms with Crippen LogP contribution in [0.2, 0.25) is 0 Å². The van der Waals surface area contributed by atoms with Gasteiger partial charge in [0.15, 0.2) is 0 Å². The van der Waals surface area contributed by atoms with Gasteiger partial charge in [0, 0.05) is 18.3 Å². The van der Waals surface area contributed by atoms with Gasteiger partial charge in [-0.25, -0.2) is 14.8 Å². The van der Waals surface area contributed by atoms with Crippen molar-refractivity contribution in [2.75, 3.05) is 0 Å². The predicted molar refractivity (Wildman–Crippen MR) is 77.8 cm³/mol. The summed E-state index contributed by atoms with van der Waals surface area (Å²) in [6.07, 6.45) is 13.0. The summed E-state index contributed by atoms with van der Waals surface area (Å²) < 4.78 is 0. The molecule has 0 radical (unpaired) electrons. The van der Waals surface area contributed by atoms with Gasteiger partial charge in [-0.05, 0) is 31.6 Å². The summed E-state index contributed by atoms with van der Waals surface area (Å²) in [4.78, 5) is 19.2. The van der Waals surface area contributed by atoms with Crippen LogP contribution in [0.4, 0.5) is 0 Å². The molecule has 4 nitrogen and oxygen atoms in total. The molecule has 0 saturated heterocycles. The molecule has 20 heavy (non-hydrogen) atoms. The summed E-state index contributed by atoms with van der Waals surface area (Å²) in [5.74, 6) is 1.15. The topological polar surface area (TPSA) is 63.1 Å². The number of hydrogen-bond donors (Lipinski definition) is 1. The molecule has 0 amide bonds. The first-order chi connectivity index (χ1) is 9.70. The van der Waals surface area contributed by atoms with Crippen molar-refractivity contribution in [3.63, 3.8) is 0 Å². The fourth-order valence-corrected chi connectivity index (χ4v) is 3.05. The minimum Gasteiger partial charge on any atom is -0.478 e. The Balaban J connectivity index is 1.82. The molecule has 0 atom stereocenters. The van der Waals surface area contributed by atoms with E-state index in [1.807, 2.05) is 0 Å². The van der Waals surface area contributed by atoms with E-state index in [1.54, 1.807) is 0 Å². The molecule has 0 bridgehead atoms. The smallest absolute Gasteiger partial charge is 0.338 e. The number of hydrogen-bond acceptors (Lipinski definition) is 3. The Kier molecular flexibility index (Phi) is 5.50.